The van der Waals surface area contributed by atoms with Crippen molar-refractivity contribution >= 4 is 12.3 Å². The van der Waals surface area contributed by atoms with Gasteiger partial charge in [-0.3, -0.25) is 14.5 Å². The lowest BCUT2D eigenvalue weighted by Gasteiger charge is -2.47. The van der Waals surface area contributed by atoms with Gasteiger partial charge in [-0.25, -0.2) is 4.39 Å². The van der Waals surface area contributed by atoms with Gasteiger partial charge in [0.15, 0.2) is 0 Å². The summed E-state index contributed by atoms with van der Waals surface area (Å²) in [6, 6.07) is 7.02. The predicted molar refractivity (Wildman–Crippen MR) is 156 cm³/mol. The number of nitrogens with zero attached hydrogens (tertiary/aromatic N) is 2. The normalized spacial score (nSPS) is 23.2. The molecule has 4 rings (SSSR count). The number of piperidine rings is 2. The first kappa shape index (κ1) is 30.6. The fourth-order valence-electron chi connectivity index (χ4n) is 6.56. The Morgan fingerprint density at radius 2 is 1.55 bits per heavy atom. The molecule has 1 aromatic carbocycles. The number of amides is 2. The zero-order valence-electron chi connectivity index (χ0n) is 24.8. The summed E-state index contributed by atoms with van der Waals surface area (Å²) in [4.78, 5) is 28.3. The first-order valence-electron chi connectivity index (χ1n) is 14.9. The Kier molecular flexibility index (Phi) is 10.4. The van der Waals surface area contributed by atoms with E-state index < -0.39 is 0 Å². The highest BCUT2D eigenvalue weighted by molar-refractivity contribution is 5.84. The average molecular weight is 532 g/mol. The highest BCUT2D eigenvalue weighted by Crippen LogP contribution is 2.46. The number of hydrogen-bond donors (Lipinski definition) is 1. The first-order chi connectivity index (χ1) is 17.8. The summed E-state index contributed by atoms with van der Waals surface area (Å²) >= 11 is 0. The molecule has 2 saturated heterocycles. The zero-order chi connectivity index (χ0) is 28.0. The maximum absolute atomic E-state index is 13.0. The van der Waals surface area contributed by atoms with E-state index in [4.69, 9.17) is 0 Å². The van der Waals surface area contributed by atoms with Crippen LogP contribution in [0.15, 0.2) is 24.3 Å². The van der Waals surface area contributed by atoms with Crippen molar-refractivity contribution < 1.29 is 15.4 Å². The van der Waals surface area contributed by atoms with Gasteiger partial charge in [0.2, 0.25) is 12.3 Å². The van der Waals surface area contributed by atoms with Crippen molar-refractivity contribution in [3.05, 3.63) is 35.6 Å². The van der Waals surface area contributed by atoms with E-state index >= 15 is 0 Å². The Balaban J connectivity index is 0.000000272. The van der Waals surface area contributed by atoms with Gasteiger partial charge >= 0.3 is 0 Å². The van der Waals surface area contributed by atoms with E-state index in [2.05, 4.69) is 31.0 Å². The number of nitrogens with one attached hydrogen (secondary N) is 1. The van der Waals surface area contributed by atoms with Gasteiger partial charge in [0, 0.05) is 32.1 Å². The van der Waals surface area contributed by atoms with Crippen LogP contribution in [0.1, 0.15) is 112 Å². The predicted octanol–water partition coefficient (Wildman–Crippen LogP) is 6.77. The number of likely N-dealkylation sites (tertiary alicyclic amines) is 2. The number of carbonyl (C=O) groups excluding carboxylic acids is 2. The van der Waals surface area contributed by atoms with Crippen LogP contribution in [0.4, 0.5) is 4.39 Å². The molecule has 1 saturated carbocycles. The third kappa shape index (κ3) is 8.27. The van der Waals surface area contributed by atoms with E-state index in [0.717, 1.165) is 38.9 Å². The van der Waals surface area contributed by atoms with Crippen molar-refractivity contribution in [2.24, 2.45) is 11.3 Å². The molecule has 5 nitrogen and oxygen atoms in total. The van der Waals surface area contributed by atoms with E-state index in [1.807, 2.05) is 37.8 Å². The van der Waals surface area contributed by atoms with Gasteiger partial charge in [0.25, 0.3) is 0 Å². The van der Waals surface area contributed by atoms with Gasteiger partial charge < -0.3 is 10.2 Å². The van der Waals surface area contributed by atoms with Crippen LogP contribution in [0.25, 0.3) is 0 Å². The maximum atomic E-state index is 13.0. The SMILES string of the molecule is CC(C)(C)N1CCC[C@H](c2ccc(F)cc2)C1.CC(C)(C)NC(=O)C1(C2CCCCC2)CCN(C=O)CC1.[HH]. The first-order valence-corrected chi connectivity index (χ1v) is 14.9. The van der Waals surface area contributed by atoms with Crippen molar-refractivity contribution in [2.45, 2.75) is 116 Å². The molecule has 0 spiro atoms. The standard InChI is InChI=1S/C17H30N2O2.C15H22FN.H2/c1-16(2,3)18-15(21)17(14-7-5-4-6-8-14)9-11-19(13-20)12-10-17;1-15(2,3)17-10-4-5-13(11-17)12-6-8-14(16)9-7-12;/h13-14H,4-12H2,1-3H3,(H,18,21);6-9,13H,4-5,10-11H2,1-3H3;1H/t;13-;/m.0./s1. The van der Waals surface area contributed by atoms with Crippen LogP contribution < -0.4 is 5.32 Å². The van der Waals surface area contributed by atoms with E-state index in [-0.39, 0.29) is 29.6 Å². The van der Waals surface area contributed by atoms with Crippen LogP contribution >= 0.6 is 0 Å². The lowest BCUT2D eigenvalue weighted by molar-refractivity contribution is -0.143. The summed E-state index contributed by atoms with van der Waals surface area (Å²) in [5.74, 6) is 1.12. The fourth-order valence-corrected chi connectivity index (χ4v) is 6.56. The quantitative estimate of drug-likeness (QED) is 0.436. The minimum absolute atomic E-state index is 0. The van der Waals surface area contributed by atoms with Crippen LogP contribution in [0, 0.1) is 17.2 Å². The van der Waals surface area contributed by atoms with Crippen molar-refractivity contribution in [1.82, 2.24) is 15.1 Å². The molecule has 0 bridgehead atoms. The smallest absolute Gasteiger partial charge is 0.227 e. The summed E-state index contributed by atoms with van der Waals surface area (Å²) in [6.45, 7) is 16.6. The molecule has 3 fully saturated rings. The maximum Gasteiger partial charge on any atom is 0.227 e. The number of benzene rings is 1. The summed E-state index contributed by atoms with van der Waals surface area (Å²) in [6.07, 6.45) is 11.1. The molecule has 2 heterocycles. The summed E-state index contributed by atoms with van der Waals surface area (Å²) in [5, 5.41) is 3.21. The Morgan fingerprint density at radius 1 is 0.947 bits per heavy atom. The number of halogens is 1. The molecule has 0 radical (unpaired) electrons. The van der Waals surface area contributed by atoms with Gasteiger partial charge in [-0.2, -0.15) is 0 Å². The van der Waals surface area contributed by atoms with E-state index in [1.165, 1.54) is 57.1 Å². The average Bonchev–Trinajstić information content (AvgIpc) is 2.88. The molecule has 216 valence electrons. The highest BCUT2D eigenvalue weighted by atomic mass is 19.1. The van der Waals surface area contributed by atoms with Crippen molar-refractivity contribution in [3.63, 3.8) is 0 Å². The van der Waals surface area contributed by atoms with Crippen LogP contribution in [-0.4, -0.2) is 59.4 Å². The summed E-state index contributed by atoms with van der Waals surface area (Å²) in [5.41, 5.74) is 1.06. The third-order valence-electron chi connectivity index (χ3n) is 8.88. The molecule has 2 aliphatic heterocycles. The number of carbonyl (C=O) groups is 2. The van der Waals surface area contributed by atoms with E-state index in [1.54, 1.807) is 12.1 Å². The van der Waals surface area contributed by atoms with Gasteiger partial charge in [-0.15, -0.1) is 0 Å². The molecule has 1 N–H and O–H groups in total. The Labute approximate surface area is 232 Å². The molecule has 1 aromatic rings. The number of hydrogen-bond acceptors (Lipinski definition) is 3. The van der Waals surface area contributed by atoms with Gasteiger partial charge in [-0.1, -0.05) is 31.4 Å². The highest BCUT2D eigenvalue weighted by Gasteiger charge is 2.48. The second-order valence-electron chi connectivity index (χ2n) is 13.8. The molecule has 0 aromatic heterocycles. The molecular weight excluding hydrogens is 477 g/mol. The Bertz CT molecular complexity index is 895. The van der Waals surface area contributed by atoms with E-state index in [0.29, 0.717) is 11.8 Å². The minimum atomic E-state index is -0.257. The molecule has 0 unspecified atom stereocenters. The van der Waals surface area contributed by atoms with Crippen molar-refractivity contribution in [1.29, 1.82) is 0 Å². The molecule has 38 heavy (non-hydrogen) atoms. The van der Waals surface area contributed by atoms with Crippen molar-refractivity contribution in [2.75, 3.05) is 26.2 Å². The Morgan fingerprint density at radius 3 is 2.08 bits per heavy atom. The van der Waals surface area contributed by atoms with Gasteiger partial charge in [0.05, 0.1) is 5.41 Å². The van der Waals surface area contributed by atoms with Crippen molar-refractivity contribution in [3.8, 4) is 0 Å². The van der Waals surface area contributed by atoms with Crippen LogP contribution in [0.2, 0.25) is 0 Å². The zero-order valence-corrected chi connectivity index (χ0v) is 24.8. The fraction of sp³-hybridized carbons (Fsp3) is 0.750. The Hall–Kier alpha value is -1.95. The van der Waals surface area contributed by atoms with Crippen LogP contribution in [0.3, 0.4) is 0 Å². The molecule has 1 atom stereocenters. The lowest BCUT2D eigenvalue weighted by atomic mass is 9.63. The largest absolute Gasteiger partial charge is 0.351 e. The lowest BCUT2D eigenvalue weighted by Crippen LogP contribution is -2.56. The van der Waals surface area contributed by atoms with Gasteiger partial charge in [-0.05, 0) is 116 Å². The third-order valence-corrected chi connectivity index (χ3v) is 8.88. The molecule has 1 aliphatic carbocycles. The van der Waals surface area contributed by atoms with Crippen LogP contribution in [-0.2, 0) is 9.59 Å². The van der Waals surface area contributed by atoms with Crippen LogP contribution in [0.5, 0.6) is 0 Å². The molecular formula is C32H54FN3O2. The van der Waals surface area contributed by atoms with E-state index in [9.17, 15) is 14.0 Å². The van der Waals surface area contributed by atoms with Gasteiger partial charge in [0.1, 0.15) is 5.82 Å². The number of rotatable bonds is 4. The minimum Gasteiger partial charge on any atom is -0.351 e. The molecule has 6 heteroatoms. The topological polar surface area (TPSA) is 52.7 Å². The summed E-state index contributed by atoms with van der Waals surface area (Å²) in [7, 11) is 0. The summed E-state index contributed by atoms with van der Waals surface area (Å²) < 4.78 is 12.9. The monoisotopic (exact) mass is 531 g/mol. The molecule has 3 aliphatic rings. The molecule has 2 amide bonds. The second kappa shape index (κ2) is 12.9. The second-order valence-corrected chi connectivity index (χ2v) is 13.8.